The summed E-state index contributed by atoms with van der Waals surface area (Å²) in [6.45, 7) is 1.68. The number of anilines is 1. The lowest BCUT2D eigenvalue weighted by Crippen LogP contribution is -2.28. The van der Waals surface area contributed by atoms with E-state index in [1.807, 2.05) is 0 Å². The van der Waals surface area contributed by atoms with Crippen LogP contribution in [0.1, 0.15) is 34.5 Å². The van der Waals surface area contributed by atoms with E-state index in [1.165, 1.54) is 36.4 Å². The van der Waals surface area contributed by atoms with Crippen molar-refractivity contribution in [3.8, 4) is 11.3 Å². The zero-order valence-corrected chi connectivity index (χ0v) is 16.1. The van der Waals surface area contributed by atoms with Crippen molar-refractivity contribution in [2.75, 3.05) is 4.90 Å². The maximum Gasteiger partial charge on any atom is 0.338 e. The predicted molar refractivity (Wildman–Crippen MR) is 104 cm³/mol. The molecule has 0 saturated carbocycles. The fraction of sp³-hybridized carbons (Fsp3) is 0.182. The molecule has 2 heterocycles. The van der Waals surface area contributed by atoms with Crippen LogP contribution in [0.2, 0.25) is 0 Å². The van der Waals surface area contributed by atoms with Crippen LogP contribution in [0.5, 0.6) is 0 Å². The zero-order valence-electron chi connectivity index (χ0n) is 16.1. The van der Waals surface area contributed by atoms with Crippen molar-refractivity contribution in [1.82, 2.24) is 5.16 Å². The molecule has 7 nitrogen and oxygen atoms in total. The number of imide groups is 1. The van der Waals surface area contributed by atoms with Crippen LogP contribution in [0.3, 0.4) is 0 Å². The minimum atomic E-state index is -0.577. The van der Waals surface area contributed by atoms with E-state index in [0.29, 0.717) is 28.3 Å². The number of nitrogens with zero attached hydrogens (tertiary/aromatic N) is 2. The monoisotopic (exact) mass is 408 g/mol. The van der Waals surface area contributed by atoms with E-state index in [2.05, 4.69) is 5.16 Å². The van der Waals surface area contributed by atoms with Gasteiger partial charge < -0.3 is 9.26 Å². The van der Waals surface area contributed by atoms with Gasteiger partial charge in [-0.3, -0.25) is 14.5 Å². The molecule has 2 amide bonds. The van der Waals surface area contributed by atoms with Crippen molar-refractivity contribution in [2.24, 2.45) is 0 Å². The number of carbonyl (C=O) groups excluding carboxylic acids is 3. The van der Waals surface area contributed by atoms with Gasteiger partial charge in [-0.2, -0.15) is 0 Å². The molecule has 1 aliphatic heterocycles. The molecular weight excluding hydrogens is 391 g/mol. The Hall–Kier alpha value is -3.81. The van der Waals surface area contributed by atoms with Crippen LogP contribution in [0, 0.1) is 12.7 Å². The molecule has 1 fully saturated rings. The van der Waals surface area contributed by atoms with Gasteiger partial charge in [-0.15, -0.1) is 0 Å². The van der Waals surface area contributed by atoms with Gasteiger partial charge in [0, 0.05) is 24.0 Å². The highest BCUT2D eigenvalue weighted by Gasteiger charge is 2.30. The van der Waals surface area contributed by atoms with Crippen LogP contribution in [-0.2, 0) is 20.9 Å². The average molecular weight is 408 g/mol. The number of esters is 1. The largest absolute Gasteiger partial charge is 0.455 e. The highest BCUT2D eigenvalue weighted by molar-refractivity contribution is 6.19. The maximum absolute atomic E-state index is 13.1. The minimum Gasteiger partial charge on any atom is -0.455 e. The third-order valence-electron chi connectivity index (χ3n) is 4.88. The lowest BCUT2D eigenvalue weighted by atomic mass is 10.1. The Labute approximate surface area is 171 Å². The number of rotatable bonds is 5. The van der Waals surface area contributed by atoms with Gasteiger partial charge in [0.2, 0.25) is 11.8 Å². The number of carbonyl (C=O) groups is 3. The number of aromatic nitrogens is 1. The maximum atomic E-state index is 13.1. The van der Waals surface area contributed by atoms with Gasteiger partial charge in [-0.1, -0.05) is 5.16 Å². The van der Waals surface area contributed by atoms with Gasteiger partial charge in [-0.05, 0) is 55.5 Å². The van der Waals surface area contributed by atoms with Crippen LogP contribution in [0.4, 0.5) is 10.1 Å². The number of hydrogen-bond acceptors (Lipinski definition) is 6. The molecule has 1 aliphatic rings. The summed E-state index contributed by atoms with van der Waals surface area (Å²) in [5.74, 6) is -0.964. The van der Waals surface area contributed by atoms with Gasteiger partial charge in [0.25, 0.3) is 0 Å². The highest BCUT2D eigenvalue weighted by Crippen LogP contribution is 2.27. The molecule has 1 aromatic heterocycles. The summed E-state index contributed by atoms with van der Waals surface area (Å²) in [6.07, 6.45) is 0.388. The number of ether oxygens (including phenoxy) is 1. The van der Waals surface area contributed by atoms with Crippen molar-refractivity contribution in [2.45, 2.75) is 26.4 Å². The molecule has 0 N–H and O–H groups in total. The highest BCUT2D eigenvalue weighted by atomic mass is 19.1. The van der Waals surface area contributed by atoms with Crippen molar-refractivity contribution >= 4 is 23.5 Å². The Balaban J connectivity index is 1.42. The van der Waals surface area contributed by atoms with E-state index >= 15 is 0 Å². The van der Waals surface area contributed by atoms with E-state index in [-0.39, 0.29) is 42.6 Å². The molecule has 3 aromatic rings. The molecule has 152 valence electrons. The molecule has 0 aliphatic carbocycles. The molecule has 0 spiro atoms. The Morgan fingerprint density at radius 1 is 1.07 bits per heavy atom. The van der Waals surface area contributed by atoms with Crippen molar-refractivity contribution in [1.29, 1.82) is 0 Å². The first kappa shape index (κ1) is 19.5. The van der Waals surface area contributed by atoms with Crippen LogP contribution >= 0.6 is 0 Å². The van der Waals surface area contributed by atoms with E-state index in [0.717, 1.165) is 4.90 Å². The summed E-state index contributed by atoms with van der Waals surface area (Å²) in [5.41, 5.74) is 2.51. The molecule has 30 heavy (non-hydrogen) atoms. The Morgan fingerprint density at radius 3 is 2.33 bits per heavy atom. The smallest absolute Gasteiger partial charge is 0.338 e. The average Bonchev–Trinajstić information content (AvgIpc) is 3.28. The van der Waals surface area contributed by atoms with Crippen LogP contribution in [-0.4, -0.2) is 22.9 Å². The summed E-state index contributed by atoms with van der Waals surface area (Å²) < 4.78 is 23.7. The normalized spacial score (nSPS) is 13.7. The van der Waals surface area contributed by atoms with Crippen LogP contribution in [0.25, 0.3) is 11.3 Å². The summed E-state index contributed by atoms with van der Waals surface area (Å²) in [5, 5.41) is 3.94. The van der Waals surface area contributed by atoms with E-state index in [4.69, 9.17) is 9.26 Å². The summed E-state index contributed by atoms with van der Waals surface area (Å²) in [7, 11) is 0. The fourth-order valence-electron chi connectivity index (χ4n) is 3.20. The van der Waals surface area contributed by atoms with E-state index in [1.54, 1.807) is 19.1 Å². The lowest BCUT2D eigenvalue weighted by Gasteiger charge is -2.13. The van der Waals surface area contributed by atoms with Gasteiger partial charge in [-0.25, -0.2) is 9.18 Å². The predicted octanol–water partition coefficient (Wildman–Crippen LogP) is 3.80. The first-order valence-electron chi connectivity index (χ1n) is 9.28. The molecule has 1 saturated heterocycles. The van der Waals surface area contributed by atoms with Gasteiger partial charge in [0.15, 0.2) is 5.76 Å². The minimum absolute atomic E-state index is 0.0970. The Bertz CT molecular complexity index is 1100. The number of hydrogen-bond donors (Lipinski definition) is 0. The number of benzene rings is 2. The first-order chi connectivity index (χ1) is 14.4. The second-order valence-electron chi connectivity index (χ2n) is 6.84. The topological polar surface area (TPSA) is 89.7 Å². The molecule has 2 aromatic carbocycles. The molecular formula is C22H17FN2O5. The van der Waals surface area contributed by atoms with Crippen LogP contribution < -0.4 is 4.90 Å². The summed E-state index contributed by atoms with van der Waals surface area (Å²) in [4.78, 5) is 37.0. The third kappa shape index (κ3) is 3.71. The second kappa shape index (κ2) is 7.90. The number of amides is 2. The van der Waals surface area contributed by atoms with Crippen molar-refractivity contribution in [3.05, 3.63) is 71.2 Å². The van der Waals surface area contributed by atoms with Crippen molar-refractivity contribution in [3.63, 3.8) is 0 Å². The molecule has 0 bridgehead atoms. The molecule has 4 rings (SSSR count). The fourth-order valence-corrected chi connectivity index (χ4v) is 3.20. The standard InChI is InChI=1S/C22H17FN2O5/c1-13-18(24-30-21(13)14-2-6-16(23)7-3-14)12-29-22(28)15-4-8-17(9-5-15)25-19(26)10-11-20(25)27/h2-9H,10-12H2,1H3. The lowest BCUT2D eigenvalue weighted by molar-refractivity contribution is -0.121. The Morgan fingerprint density at radius 2 is 1.70 bits per heavy atom. The van der Waals surface area contributed by atoms with E-state index in [9.17, 15) is 18.8 Å². The third-order valence-corrected chi connectivity index (χ3v) is 4.88. The van der Waals surface area contributed by atoms with Crippen molar-refractivity contribution < 1.29 is 28.0 Å². The van der Waals surface area contributed by atoms with Gasteiger partial charge in [0.05, 0.1) is 11.3 Å². The van der Waals surface area contributed by atoms with Gasteiger partial charge >= 0.3 is 5.97 Å². The zero-order chi connectivity index (χ0) is 21.3. The summed E-state index contributed by atoms with van der Waals surface area (Å²) >= 11 is 0. The van der Waals surface area contributed by atoms with Gasteiger partial charge in [0.1, 0.15) is 18.1 Å². The molecule has 0 unspecified atom stereocenters. The van der Waals surface area contributed by atoms with E-state index < -0.39 is 5.97 Å². The molecule has 0 atom stereocenters. The summed E-state index contributed by atoms with van der Waals surface area (Å²) in [6, 6.07) is 11.9. The Kier molecular flexibility index (Phi) is 5.14. The first-order valence-corrected chi connectivity index (χ1v) is 9.28. The number of halogens is 1. The van der Waals surface area contributed by atoms with Crippen LogP contribution in [0.15, 0.2) is 53.1 Å². The second-order valence-corrected chi connectivity index (χ2v) is 6.84. The molecule has 0 radical (unpaired) electrons. The molecule has 8 heteroatoms. The SMILES string of the molecule is Cc1c(COC(=O)c2ccc(N3C(=O)CCC3=O)cc2)noc1-c1ccc(F)cc1. The quantitative estimate of drug-likeness (QED) is 0.471.